The minimum absolute atomic E-state index is 0.485. The van der Waals surface area contributed by atoms with Crippen molar-refractivity contribution in [3.8, 4) is 0 Å². The van der Waals surface area contributed by atoms with Gasteiger partial charge >= 0.3 is 0 Å². The van der Waals surface area contributed by atoms with Crippen molar-refractivity contribution in [3.63, 3.8) is 0 Å². The summed E-state index contributed by atoms with van der Waals surface area (Å²) in [5.41, 5.74) is 5.69. The van der Waals surface area contributed by atoms with E-state index in [1.807, 2.05) is 61.5 Å². The van der Waals surface area contributed by atoms with Crippen molar-refractivity contribution in [1.82, 2.24) is 15.7 Å². The summed E-state index contributed by atoms with van der Waals surface area (Å²) < 4.78 is 0. The Balaban J connectivity index is 1.66. The van der Waals surface area contributed by atoms with Crippen molar-refractivity contribution in [2.45, 2.75) is 13.5 Å². The number of hydrogen-bond donors (Lipinski definition) is 2. The Morgan fingerprint density at radius 1 is 1.04 bits per heavy atom. The Bertz CT molecular complexity index is 869. The van der Waals surface area contributed by atoms with Crippen LogP contribution in [0.5, 0.6) is 0 Å². The minimum atomic E-state index is 0.485. The lowest BCUT2D eigenvalue weighted by atomic mass is 10.1. The first-order valence-corrected chi connectivity index (χ1v) is 8.11. The van der Waals surface area contributed by atoms with Gasteiger partial charge < -0.3 is 5.32 Å². The number of hydrazone groups is 1. The summed E-state index contributed by atoms with van der Waals surface area (Å²) >= 11 is 5.27. The van der Waals surface area contributed by atoms with Gasteiger partial charge in [-0.2, -0.15) is 5.10 Å². The third-order valence-electron chi connectivity index (χ3n) is 3.64. The fourth-order valence-corrected chi connectivity index (χ4v) is 2.53. The maximum atomic E-state index is 5.27. The number of fused-ring (bicyclic) bond motifs is 1. The van der Waals surface area contributed by atoms with E-state index in [1.165, 1.54) is 0 Å². The zero-order valence-electron chi connectivity index (χ0n) is 13.4. The average molecular weight is 334 g/mol. The van der Waals surface area contributed by atoms with E-state index in [9.17, 15) is 0 Å². The zero-order valence-corrected chi connectivity index (χ0v) is 14.2. The number of rotatable bonds is 4. The molecule has 2 aromatic carbocycles. The van der Waals surface area contributed by atoms with Crippen LogP contribution in [-0.4, -0.2) is 15.8 Å². The fraction of sp³-hybridized carbons (Fsp3) is 0.105. The summed E-state index contributed by atoms with van der Waals surface area (Å²) in [5.74, 6) is 0. The van der Waals surface area contributed by atoms with Gasteiger partial charge in [-0.15, -0.1) is 0 Å². The molecule has 3 rings (SSSR count). The third-order valence-corrected chi connectivity index (χ3v) is 3.87. The molecule has 0 bridgehead atoms. The molecular weight excluding hydrogens is 316 g/mol. The molecule has 5 heteroatoms. The lowest BCUT2D eigenvalue weighted by Crippen LogP contribution is -2.32. The van der Waals surface area contributed by atoms with E-state index < -0.39 is 0 Å². The van der Waals surface area contributed by atoms with E-state index in [-0.39, 0.29) is 0 Å². The highest BCUT2D eigenvalue weighted by Crippen LogP contribution is 2.16. The average Bonchev–Trinajstić information content (AvgIpc) is 2.64. The molecular formula is C19H18N4S. The van der Waals surface area contributed by atoms with Crippen molar-refractivity contribution in [1.29, 1.82) is 0 Å². The predicted molar refractivity (Wildman–Crippen MR) is 103 cm³/mol. The van der Waals surface area contributed by atoms with Crippen molar-refractivity contribution in [2.75, 3.05) is 0 Å². The number of hydrogen-bond acceptors (Lipinski definition) is 3. The van der Waals surface area contributed by atoms with Gasteiger partial charge in [0.05, 0.1) is 11.4 Å². The molecule has 1 aromatic heterocycles. The predicted octanol–water partition coefficient (Wildman–Crippen LogP) is 3.62. The quantitative estimate of drug-likeness (QED) is 0.435. The maximum absolute atomic E-state index is 5.27. The molecule has 0 unspecified atom stereocenters. The van der Waals surface area contributed by atoms with Crippen LogP contribution in [-0.2, 0) is 6.54 Å². The molecule has 2 N–H and O–H groups in total. The smallest absolute Gasteiger partial charge is 0.187 e. The molecule has 120 valence electrons. The molecule has 0 saturated carbocycles. The maximum Gasteiger partial charge on any atom is 0.187 e. The van der Waals surface area contributed by atoms with Gasteiger partial charge in [-0.3, -0.25) is 10.4 Å². The van der Waals surface area contributed by atoms with Crippen LogP contribution in [0.15, 0.2) is 72.0 Å². The van der Waals surface area contributed by atoms with Gasteiger partial charge in [-0.1, -0.05) is 54.6 Å². The molecule has 4 nitrogen and oxygen atoms in total. The summed E-state index contributed by atoms with van der Waals surface area (Å²) in [7, 11) is 0. The van der Waals surface area contributed by atoms with Crippen LogP contribution >= 0.6 is 12.2 Å². The number of aromatic nitrogens is 1. The summed E-state index contributed by atoms with van der Waals surface area (Å²) in [5, 5.41) is 10.2. The van der Waals surface area contributed by atoms with Crippen LogP contribution in [0.25, 0.3) is 10.8 Å². The van der Waals surface area contributed by atoms with Crippen molar-refractivity contribution < 1.29 is 0 Å². The van der Waals surface area contributed by atoms with Crippen molar-refractivity contribution in [2.24, 2.45) is 5.10 Å². The minimum Gasteiger partial charge on any atom is -0.357 e. The Kier molecular flexibility index (Phi) is 5.13. The van der Waals surface area contributed by atoms with Gasteiger partial charge in [0, 0.05) is 18.1 Å². The van der Waals surface area contributed by atoms with E-state index >= 15 is 0 Å². The van der Waals surface area contributed by atoms with Gasteiger partial charge in [-0.05, 0) is 36.2 Å². The second-order valence-corrected chi connectivity index (χ2v) is 5.77. The Morgan fingerprint density at radius 2 is 1.79 bits per heavy atom. The van der Waals surface area contributed by atoms with Crippen molar-refractivity contribution >= 4 is 33.8 Å². The van der Waals surface area contributed by atoms with Crippen LogP contribution in [0.1, 0.15) is 18.2 Å². The summed E-state index contributed by atoms with van der Waals surface area (Å²) in [6.07, 6.45) is 1.79. The van der Waals surface area contributed by atoms with Crippen LogP contribution < -0.4 is 10.7 Å². The van der Waals surface area contributed by atoms with Gasteiger partial charge in [0.15, 0.2) is 5.11 Å². The van der Waals surface area contributed by atoms with Gasteiger partial charge in [0.1, 0.15) is 0 Å². The molecule has 0 aliphatic heterocycles. The third kappa shape index (κ3) is 3.94. The van der Waals surface area contributed by atoms with E-state index in [4.69, 9.17) is 12.2 Å². The molecule has 3 aromatic rings. The molecule has 0 atom stereocenters. The Labute approximate surface area is 146 Å². The number of thiocarbonyl (C=S) groups is 1. The molecule has 24 heavy (non-hydrogen) atoms. The Hall–Kier alpha value is -2.79. The second-order valence-electron chi connectivity index (χ2n) is 5.36. The van der Waals surface area contributed by atoms with Crippen LogP contribution in [0.4, 0.5) is 0 Å². The standard InChI is InChI=1S/C19H18N4S/c1-14(18-17-10-6-5-9-16(17)11-12-20-18)22-23-19(24)21-13-15-7-3-2-4-8-15/h2-12H,13H2,1H3,(H2,21,23,24)/b22-14+. The van der Waals surface area contributed by atoms with Crippen LogP contribution in [0.2, 0.25) is 0 Å². The molecule has 0 spiro atoms. The second kappa shape index (κ2) is 7.66. The number of benzene rings is 2. The van der Waals surface area contributed by atoms with Crippen LogP contribution in [0.3, 0.4) is 0 Å². The highest BCUT2D eigenvalue weighted by Gasteiger charge is 2.05. The van der Waals surface area contributed by atoms with E-state index in [1.54, 1.807) is 6.20 Å². The number of nitrogens with zero attached hydrogens (tertiary/aromatic N) is 2. The molecule has 0 amide bonds. The molecule has 1 heterocycles. The first kappa shape index (κ1) is 16.1. The van der Waals surface area contributed by atoms with Gasteiger partial charge in [-0.25, -0.2) is 0 Å². The molecule has 0 fully saturated rings. The molecule has 0 radical (unpaired) electrons. The Morgan fingerprint density at radius 3 is 2.62 bits per heavy atom. The summed E-state index contributed by atoms with van der Waals surface area (Å²) in [4.78, 5) is 4.44. The SMILES string of the molecule is C/C(=N\NC(=S)NCc1ccccc1)c1nccc2ccccc12. The number of nitrogens with one attached hydrogen (secondary N) is 2. The molecule has 0 aliphatic carbocycles. The molecule has 0 aliphatic rings. The lowest BCUT2D eigenvalue weighted by Gasteiger charge is -2.09. The lowest BCUT2D eigenvalue weighted by molar-refractivity contribution is 0.866. The molecule has 0 saturated heterocycles. The number of pyridine rings is 1. The largest absolute Gasteiger partial charge is 0.357 e. The summed E-state index contributed by atoms with van der Waals surface area (Å²) in [6.45, 7) is 2.58. The highest BCUT2D eigenvalue weighted by molar-refractivity contribution is 7.80. The van der Waals surface area contributed by atoms with E-state index in [0.717, 1.165) is 27.7 Å². The van der Waals surface area contributed by atoms with E-state index in [0.29, 0.717) is 11.7 Å². The summed E-state index contributed by atoms with van der Waals surface area (Å²) in [6, 6.07) is 20.2. The van der Waals surface area contributed by atoms with E-state index in [2.05, 4.69) is 26.9 Å². The fourth-order valence-electron chi connectivity index (χ4n) is 2.41. The normalized spacial score (nSPS) is 11.3. The topological polar surface area (TPSA) is 49.3 Å². The van der Waals surface area contributed by atoms with Crippen molar-refractivity contribution in [3.05, 3.63) is 78.1 Å². The van der Waals surface area contributed by atoms with Gasteiger partial charge in [0.2, 0.25) is 0 Å². The zero-order chi connectivity index (χ0) is 16.8. The van der Waals surface area contributed by atoms with Crippen LogP contribution in [0, 0.1) is 0 Å². The van der Waals surface area contributed by atoms with Gasteiger partial charge in [0.25, 0.3) is 0 Å². The first-order valence-electron chi connectivity index (χ1n) is 7.70. The first-order chi connectivity index (χ1) is 11.7. The monoisotopic (exact) mass is 334 g/mol. The highest BCUT2D eigenvalue weighted by atomic mass is 32.1.